The Hall–Kier alpha value is -2.89. The van der Waals surface area contributed by atoms with E-state index in [0.29, 0.717) is 5.92 Å². The van der Waals surface area contributed by atoms with E-state index >= 15 is 0 Å². The van der Waals surface area contributed by atoms with Crippen LogP contribution in [0.4, 0.5) is 0 Å². The maximum absolute atomic E-state index is 11.5. The predicted octanol–water partition coefficient (Wildman–Crippen LogP) is 6.42. The van der Waals surface area contributed by atoms with Crippen molar-refractivity contribution >= 4 is 23.2 Å². The molecule has 1 fully saturated rings. The van der Waals surface area contributed by atoms with Crippen molar-refractivity contribution in [3.8, 4) is 5.75 Å². The van der Waals surface area contributed by atoms with E-state index in [2.05, 4.69) is 97.7 Å². The Labute approximate surface area is 199 Å². The van der Waals surface area contributed by atoms with Crippen molar-refractivity contribution in [2.75, 3.05) is 6.66 Å². The minimum atomic E-state index is -1.53. The third kappa shape index (κ3) is 5.55. The van der Waals surface area contributed by atoms with Gasteiger partial charge < -0.3 is 5.11 Å². The fourth-order valence-corrected chi connectivity index (χ4v) is 8.06. The molecular formula is C31H33OP. The minimum absolute atomic E-state index is 0.231. The number of rotatable bonds is 4. The van der Waals surface area contributed by atoms with Crippen molar-refractivity contribution in [1.82, 2.24) is 0 Å². The highest BCUT2D eigenvalue weighted by Crippen LogP contribution is 2.51. The van der Waals surface area contributed by atoms with Crippen LogP contribution in [0.3, 0.4) is 0 Å². The van der Waals surface area contributed by atoms with Crippen LogP contribution in [0.1, 0.15) is 43.6 Å². The molecule has 0 amide bonds. The Kier molecular flexibility index (Phi) is 7.97. The summed E-state index contributed by atoms with van der Waals surface area (Å²) >= 11 is 0. The van der Waals surface area contributed by atoms with Gasteiger partial charge in [-0.25, -0.2) is 0 Å². The van der Waals surface area contributed by atoms with E-state index in [0.717, 1.165) is 5.56 Å². The van der Waals surface area contributed by atoms with Gasteiger partial charge in [0.15, 0.2) is 0 Å². The van der Waals surface area contributed by atoms with Crippen LogP contribution in [0.15, 0.2) is 115 Å². The van der Waals surface area contributed by atoms with E-state index in [1.165, 1.54) is 48.0 Å². The Morgan fingerprint density at radius 2 is 0.939 bits per heavy atom. The third-order valence-electron chi connectivity index (χ3n) is 6.78. The quantitative estimate of drug-likeness (QED) is 0.328. The summed E-state index contributed by atoms with van der Waals surface area (Å²) in [4.78, 5) is 0. The largest absolute Gasteiger partial charge is 0.872 e. The first-order valence-electron chi connectivity index (χ1n) is 12.0. The van der Waals surface area contributed by atoms with Crippen LogP contribution < -0.4 is 21.0 Å². The van der Waals surface area contributed by atoms with Gasteiger partial charge in [0.2, 0.25) is 0 Å². The Morgan fingerprint density at radius 3 is 1.36 bits per heavy atom. The van der Waals surface area contributed by atoms with Gasteiger partial charge in [-0.15, -0.1) is 5.75 Å². The van der Waals surface area contributed by atoms with Gasteiger partial charge in [0.05, 0.1) is 6.66 Å². The Morgan fingerprint density at radius 1 is 0.545 bits per heavy atom. The lowest BCUT2D eigenvalue weighted by Gasteiger charge is -2.26. The van der Waals surface area contributed by atoms with Crippen molar-refractivity contribution in [1.29, 1.82) is 0 Å². The average molecular weight is 453 g/mol. The fraction of sp³-hybridized carbons (Fsp3) is 0.226. The summed E-state index contributed by atoms with van der Waals surface area (Å²) in [6.07, 6.45) is 6.34. The van der Waals surface area contributed by atoms with Crippen LogP contribution in [0.2, 0.25) is 0 Å². The number of hydrogen-bond acceptors (Lipinski definition) is 1. The lowest BCUT2D eigenvalue weighted by molar-refractivity contribution is -0.269. The SMILES string of the molecule is C[P+](c1ccccc1)(c1ccccc1)c1ccccc1.[O-]c1ccccc1C1CCCCC1. The van der Waals surface area contributed by atoms with E-state index in [9.17, 15) is 5.11 Å². The van der Waals surface area contributed by atoms with Crippen LogP contribution in [0, 0.1) is 0 Å². The maximum atomic E-state index is 11.5. The summed E-state index contributed by atoms with van der Waals surface area (Å²) in [5.41, 5.74) is 1.04. The molecule has 0 aliphatic heterocycles. The molecule has 0 unspecified atom stereocenters. The van der Waals surface area contributed by atoms with Gasteiger partial charge in [-0.05, 0) is 55.2 Å². The second-order valence-corrected chi connectivity index (χ2v) is 12.4. The van der Waals surface area contributed by atoms with Crippen LogP contribution in [0.25, 0.3) is 0 Å². The molecule has 2 heteroatoms. The topological polar surface area (TPSA) is 23.1 Å². The standard InChI is InChI=1S/C19H18P.C12H16O/c1-20(17-11-5-2-6-12-17,18-13-7-3-8-14-18)19-15-9-4-10-16-19;13-12-9-5-4-8-11(12)10-6-2-1-3-7-10/h2-16H,1H3;4-5,8-10,13H,1-3,6-7H2/q+1;/p-1. The zero-order valence-corrected chi connectivity index (χ0v) is 20.3. The van der Waals surface area contributed by atoms with Crippen molar-refractivity contribution < 1.29 is 5.11 Å². The van der Waals surface area contributed by atoms with Crippen molar-refractivity contribution in [3.63, 3.8) is 0 Å². The zero-order valence-electron chi connectivity index (χ0n) is 19.4. The smallest absolute Gasteiger partial charge is 0.109 e. The van der Waals surface area contributed by atoms with E-state index in [-0.39, 0.29) is 5.75 Å². The molecule has 0 radical (unpaired) electrons. The summed E-state index contributed by atoms with van der Waals surface area (Å²) < 4.78 is 0. The molecule has 0 heterocycles. The lowest BCUT2D eigenvalue weighted by Crippen LogP contribution is -2.30. The summed E-state index contributed by atoms with van der Waals surface area (Å²) in [5, 5.41) is 15.8. The van der Waals surface area contributed by atoms with Crippen LogP contribution in [-0.2, 0) is 0 Å². The molecule has 168 valence electrons. The first kappa shape index (κ1) is 23.3. The van der Waals surface area contributed by atoms with Crippen LogP contribution >= 0.6 is 7.26 Å². The summed E-state index contributed by atoms with van der Waals surface area (Å²) in [5.74, 6) is 0.775. The highest BCUT2D eigenvalue weighted by molar-refractivity contribution is 7.95. The van der Waals surface area contributed by atoms with Gasteiger partial charge in [-0.2, -0.15) is 0 Å². The van der Waals surface area contributed by atoms with Crippen LogP contribution in [0.5, 0.6) is 5.75 Å². The van der Waals surface area contributed by atoms with Gasteiger partial charge >= 0.3 is 0 Å². The number of benzene rings is 4. The van der Waals surface area contributed by atoms with Gasteiger partial charge in [-0.3, -0.25) is 0 Å². The third-order valence-corrected chi connectivity index (χ3v) is 10.8. The highest BCUT2D eigenvalue weighted by Gasteiger charge is 2.39. The average Bonchev–Trinajstić information content (AvgIpc) is 2.91. The lowest BCUT2D eigenvalue weighted by atomic mass is 9.84. The molecule has 1 aliphatic carbocycles. The van der Waals surface area contributed by atoms with Crippen LogP contribution in [-0.4, -0.2) is 6.66 Å². The van der Waals surface area contributed by atoms with E-state index in [4.69, 9.17) is 0 Å². The maximum Gasteiger partial charge on any atom is 0.109 e. The molecule has 0 spiro atoms. The highest BCUT2D eigenvalue weighted by atomic mass is 31.2. The second kappa shape index (κ2) is 11.3. The molecule has 1 nitrogen and oxygen atoms in total. The minimum Gasteiger partial charge on any atom is -0.872 e. The molecule has 5 rings (SSSR count). The number of hydrogen-bond donors (Lipinski definition) is 0. The molecule has 1 aliphatic rings. The van der Waals surface area contributed by atoms with Crippen molar-refractivity contribution in [2.24, 2.45) is 0 Å². The Bertz CT molecular complexity index is 1010. The molecule has 0 aromatic heterocycles. The molecular weight excluding hydrogens is 419 g/mol. The first-order chi connectivity index (χ1) is 16.2. The van der Waals surface area contributed by atoms with Gasteiger partial charge in [0, 0.05) is 0 Å². The summed E-state index contributed by atoms with van der Waals surface area (Å²) in [6.45, 7) is 2.41. The Balaban J connectivity index is 0.000000172. The predicted molar refractivity (Wildman–Crippen MR) is 143 cm³/mol. The molecule has 33 heavy (non-hydrogen) atoms. The zero-order chi connectivity index (χ0) is 22.9. The first-order valence-corrected chi connectivity index (χ1v) is 14.2. The van der Waals surface area contributed by atoms with E-state index in [1.54, 1.807) is 6.07 Å². The van der Waals surface area contributed by atoms with E-state index < -0.39 is 7.26 Å². The summed E-state index contributed by atoms with van der Waals surface area (Å²) in [7, 11) is -1.53. The van der Waals surface area contributed by atoms with Crippen molar-refractivity contribution in [2.45, 2.75) is 38.0 Å². The monoisotopic (exact) mass is 452 g/mol. The van der Waals surface area contributed by atoms with Gasteiger partial charge in [0.25, 0.3) is 0 Å². The van der Waals surface area contributed by atoms with Gasteiger partial charge in [0.1, 0.15) is 23.2 Å². The molecule has 0 saturated heterocycles. The number of para-hydroxylation sites is 1. The summed E-state index contributed by atoms with van der Waals surface area (Å²) in [6, 6.07) is 40.1. The molecule has 0 atom stereocenters. The molecule has 1 saturated carbocycles. The molecule has 4 aromatic carbocycles. The normalized spacial score (nSPS) is 14.2. The molecule has 4 aromatic rings. The second-order valence-electron chi connectivity index (χ2n) is 8.89. The van der Waals surface area contributed by atoms with E-state index in [1.807, 2.05) is 18.2 Å². The van der Waals surface area contributed by atoms with Crippen molar-refractivity contribution in [3.05, 3.63) is 121 Å². The van der Waals surface area contributed by atoms with Gasteiger partial charge in [-0.1, -0.05) is 104 Å². The molecule has 0 bridgehead atoms. The fourth-order valence-electron chi connectivity index (χ4n) is 4.86. The molecule has 0 N–H and O–H groups in total.